The minimum atomic E-state index is -1.24. The van der Waals surface area contributed by atoms with Crippen molar-refractivity contribution in [3.05, 3.63) is 29.6 Å². The number of amides is 2. The largest absolute Gasteiger partial charge is 0.465 e. The van der Waals surface area contributed by atoms with Gasteiger partial charge in [-0.15, -0.1) is 11.3 Å². The number of hydrogen-bond donors (Lipinski definition) is 3. The normalized spacial score (nSPS) is 14.7. The number of nitrogens with one attached hydrogen (secondary N) is 2. The second-order valence-corrected chi connectivity index (χ2v) is 7.54. The molecule has 0 aliphatic carbocycles. The lowest BCUT2D eigenvalue weighted by Crippen LogP contribution is -2.34. The highest BCUT2D eigenvalue weighted by Crippen LogP contribution is 2.30. The van der Waals surface area contributed by atoms with Gasteiger partial charge in [0.2, 0.25) is 5.91 Å². The molecule has 1 saturated heterocycles. The molecular formula is C19H24N4O4S. The summed E-state index contributed by atoms with van der Waals surface area (Å²) in [5.41, 5.74) is 2.93. The lowest BCUT2D eigenvalue weighted by molar-refractivity contribution is -0.115. The van der Waals surface area contributed by atoms with Gasteiger partial charge in [0, 0.05) is 43.4 Å². The third-order valence-corrected chi connectivity index (χ3v) is 5.43. The highest BCUT2D eigenvalue weighted by Gasteiger charge is 2.19. The molecule has 2 amide bonds. The molecule has 0 radical (unpaired) electrons. The second kappa shape index (κ2) is 9.52. The molecule has 0 atom stereocenters. The van der Waals surface area contributed by atoms with Crippen LogP contribution in [-0.2, 0) is 9.53 Å². The number of rotatable bonds is 7. The summed E-state index contributed by atoms with van der Waals surface area (Å²) in [4.78, 5) is 29.0. The summed E-state index contributed by atoms with van der Waals surface area (Å²) in [5.74, 6) is 0.181. The number of benzene rings is 1. The van der Waals surface area contributed by atoms with Crippen molar-refractivity contribution in [2.24, 2.45) is 5.92 Å². The minimum absolute atomic E-state index is 0.307. The number of nitrogens with zero attached hydrogens (tertiary/aromatic N) is 2. The van der Waals surface area contributed by atoms with Crippen LogP contribution in [0, 0.1) is 5.92 Å². The molecule has 1 aliphatic rings. The molecule has 1 aromatic heterocycles. The van der Waals surface area contributed by atoms with Crippen molar-refractivity contribution >= 4 is 34.2 Å². The molecule has 150 valence electrons. The number of methoxy groups -OCH3 is 1. The number of piperidine rings is 1. The number of aromatic nitrogens is 1. The van der Waals surface area contributed by atoms with Gasteiger partial charge in [-0.05, 0) is 30.9 Å². The van der Waals surface area contributed by atoms with Gasteiger partial charge in [0.15, 0.2) is 5.13 Å². The van der Waals surface area contributed by atoms with E-state index in [1.165, 1.54) is 11.3 Å². The van der Waals surface area contributed by atoms with Crippen molar-refractivity contribution in [1.29, 1.82) is 0 Å². The van der Waals surface area contributed by atoms with Crippen molar-refractivity contribution in [3.8, 4) is 11.3 Å². The number of ether oxygens (including phenoxy) is 1. The molecule has 3 rings (SSSR count). The van der Waals surface area contributed by atoms with E-state index in [0.717, 1.165) is 49.5 Å². The number of carboxylic acid groups (broad SMARTS) is 1. The third kappa shape index (κ3) is 5.43. The molecule has 28 heavy (non-hydrogen) atoms. The maximum absolute atomic E-state index is 11.7. The Morgan fingerprint density at radius 3 is 2.86 bits per heavy atom. The van der Waals surface area contributed by atoms with Crippen LogP contribution in [0.3, 0.4) is 0 Å². The predicted octanol–water partition coefficient (Wildman–Crippen LogP) is 2.88. The van der Waals surface area contributed by atoms with Gasteiger partial charge in [-0.25, -0.2) is 9.78 Å². The highest BCUT2D eigenvalue weighted by molar-refractivity contribution is 7.14. The van der Waals surface area contributed by atoms with E-state index < -0.39 is 12.0 Å². The standard InChI is InChI=1S/C19H24N4O4S/c1-27-11-13-5-7-23(8-6-13)15-4-2-3-14(9-15)16-12-28-18(21-16)22-17(24)10-20-19(25)26/h2-4,9,12-13,20H,5-8,10-11H2,1H3,(H,25,26)(H,21,22,24). The number of carbonyl (C=O) groups is 2. The van der Waals surface area contributed by atoms with Gasteiger partial charge >= 0.3 is 6.09 Å². The molecule has 8 nitrogen and oxygen atoms in total. The van der Waals surface area contributed by atoms with E-state index in [9.17, 15) is 9.59 Å². The Morgan fingerprint density at radius 1 is 1.36 bits per heavy atom. The van der Waals surface area contributed by atoms with E-state index in [1.807, 2.05) is 22.8 Å². The highest BCUT2D eigenvalue weighted by atomic mass is 32.1. The first-order chi connectivity index (χ1) is 13.5. The van der Waals surface area contributed by atoms with Gasteiger partial charge < -0.3 is 25.4 Å². The van der Waals surface area contributed by atoms with E-state index in [4.69, 9.17) is 9.84 Å². The van der Waals surface area contributed by atoms with Crippen LogP contribution >= 0.6 is 11.3 Å². The number of hydrogen-bond acceptors (Lipinski definition) is 6. The maximum Gasteiger partial charge on any atom is 0.405 e. The second-order valence-electron chi connectivity index (χ2n) is 6.68. The van der Waals surface area contributed by atoms with E-state index in [1.54, 1.807) is 7.11 Å². The fraction of sp³-hybridized carbons (Fsp3) is 0.421. The lowest BCUT2D eigenvalue weighted by Gasteiger charge is -2.33. The Bertz CT molecular complexity index is 818. The average molecular weight is 404 g/mol. The summed E-state index contributed by atoms with van der Waals surface area (Å²) in [6.45, 7) is 2.53. The Labute approximate surface area is 167 Å². The first-order valence-corrected chi connectivity index (χ1v) is 9.99. The molecule has 0 unspecified atom stereocenters. The van der Waals surface area contributed by atoms with Crippen LogP contribution in [0.4, 0.5) is 15.6 Å². The summed E-state index contributed by atoms with van der Waals surface area (Å²) in [6, 6.07) is 8.23. The Balaban J connectivity index is 1.62. The van der Waals surface area contributed by atoms with Crippen molar-refractivity contribution in [1.82, 2.24) is 10.3 Å². The van der Waals surface area contributed by atoms with Gasteiger partial charge in [-0.1, -0.05) is 12.1 Å². The summed E-state index contributed by atoms with van der Waals surface area (Å²) in [5, 5.41) is 15.5. The van der Waals surface area contributed by atoms with Crippen LogP contribution in [0.1, 0.15) is 12.8 Å². The van der Waals surface area contributed by atoms with E-state index in [0.29, 0.717) is 11.0 Å². The Morgan fingerprint density at radius 2 is 2.14 bits per heavy atom. The van der Waals surface area contributed by atoms with Crippen LogP contribution in [-0.4, -0.2) is 55.4 Å². The zero-order valence-electron chi connectivity index (χ0n) is 15.7. The number of anilines is 2. The molecular weight excluding hydrogens is 380 g/mol. The van der Waals surface area contributed by atoms with E-state index >= 15 is 0 Å². The quantitative estimate of drug-likeness (QED) is 0.656. The van der Waals surface area contributed by atoms with Gasteiger partial charge in [0.25, 0.3) is 0 Å². The third-order valence-electron chi connectivity index (χ3n) is 4.67. The molecule has 0 bridgehead atoms. The zero-order chi connectivity index (χ0) is 19.9. The molecule has 2 aromatic rings. The lowest BCUT2D eigenvalue weighted by atomic mass is 9.97. The molecule has 0 saturated carbocycles. The smallest absolute Gasteiger partial charge is 0.405 e. The van der Waals surface area contributed by atoms with Crippen molar-refractivity contribution in [2.45, 2.75) is 12.8 Å². The van der Waals surface area contributed by atoms with Crippen molar-refractivity contribution in [3.63, 3.8) is 0 Å². The van der Waals surface area contributed by atoms with E-state index in [2.05, 4.69) is 27.3 Å². The fourth-order valence-corrected chi connectivity index (χ4v) is 3.97. The number of thiazole rings is 1. The van der Waals surface area contributed by atoms with Gasteiger partial charge in [-0.2, -0.15) is 0 Å². The summed E-state index contributed by atoms with van der Waals surface area (Å²) >= 11 is 1.31. The van der Waals surface area contributed by atoms with Crippen LogP contribution in [0.5, 0.6) is 0 Å². The SMILES string of the molecule is COCC1CCN(c2cccc(-c3csc(NC(=O)CNC(=O)O)n3)c2)CC1. The fourth-order valence-electron chi connectivity index (χ4n) is 3.24. The van der Waals surface area contributed by atoms with Crippen molar-refractivity contribution < 1.29 is 19.4 Å². The monoisotopic (exact) mass is 404 g/mol. The topological polar surface area (TPSA) is 104 Å². The van der Waals surface area contributed by atoms with Crippen LogP contribution in [0.25, 0.3) is 11.3 Å². The van der Waals surface area contributed by atoms with Gasteiger partial charge in [0.05, 0.1) is 5.69 Å². The van der Waals surface area contributed by atoms with E-state index in [-0.39, 0.29) is 6.54 Å². The zero-order valence-corrected chi connectivity index (χ0v) is 16.5. The van der Waals surface area contributed by atoms with Crippen LogP contribution < -0.4 is 15.5 Å². The molecule has 1 aliphatic heterocycles. The molecule has 2 heterocycles. The number of carbonyl (C=O) groups excluding carboxylic acids is 1. The maximum atomic E-state index is 11.7. The van der Waals surface area contributed by atoms with Crippen molar-refractivity contribution in [2.75, 3.05) is 43.6 Å². The first kappa shape index (κ1) is 20.1. The first-order valence-electron chi connectivity index (χ1n) is 9.11. The summed E-state index contributed by atoms with van der Waals surface area (Å²) in [6.07, 6.45) is 1.00. The van der Waals surface area contributed by atoms with Gasteiger partial charge in [0.1, 0.15) is 6.54 Å². The van der Waals surface area contributed by atoms with Crippen LogP contribution in [0.2, 0.25) is 0 Å². The Hall–Kier alpha value is -2.65. The van der Waals surface area contributed by atoms with Gasteiger partial charge in [-0.3, -0.25) is 4.79 Å². The molecule has 1 fully saturated rings. The predicted molar refractivity (Wildman–Crippen MR) is 109 cm³/mol. The van der Waals surface area contributed by atoms with Crippen LogP contribution in [0.15, 0.2) is 29.6 Å². The summed E-state index contributed by atoms with van der Waals surface area (Å²) < 4.78 is 5.27. The summed E-state index contributed by atoms with van der Waals surface area (Å²) in [7, 11) is 1.75. The molecule has 3 N–H and O–H groups in total. The molecule has 1 aromatic carbocycles. The Kier molecular flexibility index (Phi) is 6.83. The molecule has 9 heteroatoms. The minimum Gasteiger partial charge on any atom is -0.465 e. The average Bonchev–Trinajstić information content (AvgIpc) is 3.16. The molecule has 0 spiro atoms.